The van der Waals surface area contributed by atoms with Crippen molar-refractivity contribution < 1.29 is 9.21 Å². The molecule has 2 heterocycles. The topological polar surface area (TPSA) is 45.5 Å². The summed E-state index contributed by atoms with van der Waals surface area (Å²) in [6.07, 6.45) is 4.38. The summed E-state index contributed by atoms with van der Waals surface area (Å²) in [5, 5.41) is 4.31. The van der Waals surface area contributed by atoms with E-state index in [1.165, 1.54) is 5.56 Å². The third-order valence-electron chi connectivity index (χ3n) is 5.14. The van der Waals surface area contributed by atoms with Gasteiger partial charge in [-0.15, -0.1) is 0 Å². The molecule has 1 N–H and O–H groups in total. The van der Waals surface area contributed by atoms with Crippen LogP contribution in [0.1, 0.15) is 29.5 Å². The normalized spacial score (nSPS) is 16.2. The molecule has 4 heteroatoms. The minimum Gasteiger partial charge on any atom is -0.464 e. The van der Waals surface area contributed by atoms with E-state index in [0.717, 1.165) is 54.6 Å². The molecule has 0 bridgehead atoms. The van der Waals surface area contributed by atoms with Crippen LogP contribution in [-0.4, -0.2) is 37.5 Å². The Balaban J connectivity index is 1.68. The predicted octanol–water partition coefficient (Wildman–Crippen LogP) is 3.05. The zero-order valence-corrected chi connectivity index (χ0v) is 14.3. The Morgan fingerprint density at radius 2 is 2.04 bits per heavy atom. The van der Waals surface area contributed by atoms with E-state index in [1.54, 1.807) is 6.26 Å². The fourth-order valence-corrected chi connectivity index (χ4v) is 3.48. The Morgan fingerprint density at radius 1 is 1.30 bits per heavy atom. The maximum atomic E-state index is 12.6. The molecule has 23 heavy (non-hydrogen) atoms. The quantitative estimate of drug-likeness (QED) is 0.943. The Bertz CT molecular complexity index is 697. The van der Waals surface area contributed by atoms with Gasteiger partial charge in [0.1, 0.15) is 5.58 Å². The summed E-state index contributed by atoms with van der Waals surface area (Å²) in [6, 6.07) is 4.17. The van der Waals surface area contributed by atoms with Gasteiger partial charge in [0, 0.05) is 24.0 Å². The minimum atomic E-state index is 0.217. The average molecular weight is 314 g/mol. The van der Waals surface area contributed by atoms with Gasteiger partial charge in [-0.05, 0) is 57.3 Å². The lowest BCUT2D eigenvalue weighted by Gasteiger charge is -2.32. The van der Waals surface area contributed by atoms with Crippen LogP contribution in [0.3, 0.4) is 0 Å². The van der Waals surface area contributed by atoms with E-state index >= 15 is 0 Å². The number of carbonyl (C=O) groups is 1. The van der Waals surface area contributed by atoms with Gasteiger partial charge in [0.2, 0.25) is 5.91 Å². The third-order valence-corrected chi connectivity index (χ3v) is 5.14. The maximum absolute atomic E-state index is 12.6. The Kier molecular flexibility index (Phi) is 4.71. The molecule has 1 aliphatic heterocycles. The highest BCUT2D eigenvalue weighted by atomic mass is 16.3. The largest absolute Gasteiger partial charge is 0.464 e. The van der Waals surface area contributed by atoms with Gasteiger partial charge in [0.05, 0.1) is 12.7 Å². The first-order chi connectivity index (χ1) is 11.1. The monoisotopic (exact) mass is 314 g/mol. The van der Waals surface area contributed by atoms with E-state index in [1.807, 2.05) is 11.9 Å². The van der Waals surface area contributed by atoms with E-state index in [4.69, 9.17) is 4.42 Å². The molecule has 2 aromatic rings. The van der Waals surface area contributed by atoms with Crippen molar-refractivity contribution in [3.8, 4) is 0 Å². The molecular formula is C19H26N2O2. The molecule has 1 aliphatic rings. The van der Waals surface area contributed by atoms with Crippen molar-refractivity contribution in [3.05, 3.63) is 35.1 Å². The molecule has 0 aliphatic carbocycles. The molecule has 0 spiro atoms. The molecule has 124 valence electrons. The summed E-state index contributed by atoms with van der Waals surface area (Å²) in [4.78, 5) is 14.6. The molecule has 0 atom stereocenters. The van der Waals surface area contributed by atoms with Crippen molar-refractivity contribution in [2.45, 2.75) is 33.1 Å². The lowest BCUT2D eigenvalue weighted by atomic mass is 9.96. The first-order valence-corrected chi connectivity index (χ1v) is 8.48. The number of nitrogens with one attached hydrogen (secondary N) is 1. The van der Waals surface area contributed by atoms with Crippen molar-refractivity contribution in [2.75, 3.05) is 26.7 Å². The van der Waals surface area contributed by atoms with Gasteiger partial charge in [-0.1, -0.05) is 12.1 Å². The molecule has 0 unspecified atom stereocenters. The van der Waals surface area contributed by atoms with Crippen LogP contribution < -0.4 is 5.32 Å². The summed E-state index contributed by atoms with van der Waals surface area (Å²) >= 11 is 0. The van der Waals surface area contributed by atoms with Crippen molar-refractivity contribution in [2.24, 2.45) is 5.92 Å². The second-order valence-electron chi connectivity index (χ2n) is 6.70. The van der Waals surface area contributed by atoms with Crippen molar-refractivity contribution in [1.82, 2.24) is 10.2 Å². The summed E-state index contributed by atoms with van der Waals surface area (Å²) in [7, 11) is 1.99. The molecule has 1 amide bonds. The minimum absolute atomic E-state index is 0.217. The number of benzene rings is 1. The Labute approximate surface area is 137 Å². The lowest BCUT2D eigenvalue weighted by molar-refractivity contribution is -0.131. The van der Waals surface area contributed by atoms with E-state index in [0.29, 0.717) is 12.3 Å². The number of amides is 1. The second-order valence-corrected chi connectivity index (χ2v) is 6.70. The summed E-state index contributed by atoms with van der Waals surface area (Å²) < 4.78 is 5.72. The first kappa shape index (κ1) is 16.1. The molecule has 3 rings (SSSR count). The van der Waals surface area contributed by atoms with Crippen molar-refractivity contribution >= 4 is 16.9 Å². The predicted molar refractivity (Wildman–Crippen MR) is 92.6 cm³/mol. The number of furan rings is 1. The molecule has 0 saturated carbocycles. The molecule has 1 saturated heterocycles. The van der Waals surface area contributed by atoms with Crippen LogP contribution in [0.25, 0.3) is 11.0 Å². The number of carbonyl (C=O) groups excluding carboxylic acids is 1. The van der Waals surface area contributed by atoms with Crippen LogP contribution in [0.15, 0.2) is 22.8 Å². The number of hydrogen-bond donors (Lipinski definition) is 1. The van der Waals surface area contributed by atoms with Gasteiger partial charge in [-0.2, -0.15) is 0 Å². The van der Waals surface area contributed by atoms with Gasteiger partial charge in [0.15, 0.2) is 0 Å². The maximum Gasteiger partial charge on any atom is 0.227 e. The molecule has 1 aromatic heterocycles. The van der Waals surface area contributed by atoms with E-state index < -0.39 is 0 Å². The van der Waals surface area contributed by atoms with Gasteiger partial charge in [-0.25, -0.2) is 0 Å². The molecule has 0 radical (unpaired) electrons. The fourth-order valence-electron chi connectivity index (χ4n) is 3.48. The highest BCUT2D eigenvalue weighted by Gasteiger charge is 2.23. The van der Waals surface area contributed by atoms with Crippen LogP contribution in [0.2, 0.25) is 0 Å². The second kappa shape index (κ2) is 6.75. The number of likely N-dealkylation sites (tertiary alicyclic amines) is 1. The van der Waals surface area contributed by atoms with E-state index in [-0.39, 0.29) is 5.91 Å². The Morgan fingerprint density at radius 3 is 2.74 bits per heavy atom. The highest BCUT2D eigenvalue weighted by molar-refractivity contribution is 5.89. The molecular weight excluding hydrogens is 288 g/mol. The Hall–Kier alpha value is -1.81. The number of hydrogen-bond acceptors (Lipinski definition) is 3. The van der Waals surface area contributed by atoms with Crippen LogP contribution in [0, 0.1) is 19.8 Å². The molecule has 4 nitrogen and oxygen atoms in total. The van der Waals surface area contributed by atoms with Crippen LogP contribution in [0.5, 0.6) is 0 Å². The van der Waals surface area contributed by atoms with Crippen molar-refractivity contribution in [3.63, 3.8) is 0 Å². The summed E-state index contributed by atoms with van der Waals surface area (Å²) in [5.41, 5.74) is 4.30. The summed E-state index contributed by atoms with van der Waals surface area (Å²) in [5.74, 6) is 0.915. The lowest BCUT2D eigenvalue weighted by Crippen LogP contribution is -2.41. The van der Waals surface area contributed by atoms with Gasteiger partial charge >= 0.3 is 0 Å². The number of fused-ring (bicyclic) bond motifs is 1. The standard InChI is InChI=1S/C19H26N2O2/c1-13-4-5-17-16(12-23-19(17)14(13)2)10-18(22)21-8-6-15(7-9-21)11-20-3/h4-5,12,15,20H,6-11H2,1-3H3. The number of rotatable bonds is 4. The van der Waals surface area contributed by atoms with Crippen LogP contribution in [-0.2, 0) is 11.2 Å². The van der Waals surface area contributed by atoms with E-state index in [9.17, 15) is 4.79 Å². The van der Waals surface area contributed by atoms with Gasteiger partial charge < -0.3 is 14.6 Å². The van der Waals surface area contributed by atoms with Crippen LogP contribution in [0.4, 0.5) is 0 Å². The zero-order valence-electron chi connectivity index (χ0n) is 14.3. The fraction of sp³-hybridized carbons (Fsp3) is 0.526. The van der Waals surface area contributed by atoms with Crippen LogP contribution >= 0.6 is 0 Å². The summed E-state index contributed by atoms with van der Waals surface area (Å²) in [6.45, 7) is 6.95. The average Bonchev–Trinajstić information content (AvgIpc) is 2.95. The zero-order chi connectivity index (χ0) is 16.4. The molecule has 1 fully saturated rings. The van der Waals surface area contributed by atoms with Crippen molar-refractivity contribution in [1.29, 1.82) is 0 Å². The third kappa shape index (κ3) is 3.27. The van der Waals surface area contributed by atoms with Gasteiger partial charge in [0.25, 0.3) is 0 Å². The number of nitrogens with zero attached hydrogens (tertiary/aromatic N) is 1. The van der Waals surface area contributed by atoms with E-state index in [2.05, 4.69) is 31.3 Å². The first-order valence-electron chi connectivity index (χ1n) is 8.48. The highest BCUT2D eigenvalue weighted by Crippen LogP contribution is 2.27. The number of piperidine rings is 1. The molecule has 1 aromatic carbocycles. The SMILES string of the molecule is CNCC1CCN(C(=O)Cc2coc3c(C)c(C)ccc23)CC1. The van der Waals surface area contributed by atoms with Gasteiger partial charge in [-0.3, -0.25) is 4.79 Å². The number of aryl methyl sites for hydroxylation is 2. The smallest absolute Gasteiger partial charge is 0.227 e.